The molecule has 0 fully saturated rings. The van der Waals surface area contributed by atoms with E-state index in [2.05, 4.69) is 16.6 Å². The van der Waals surface area contributed by atoms with Gasteiger partial charge in [0.2, 0.25) is 0 Å². The van der Waals surface area contributed by atoms with Gasteiger partial charge in [0.1, 0.15) is 0 Å². The van der Waals surface area contributed by atoms with E-state index in [-0.39, 0.29) is 23.6 Å². The molecule has 0 N–H and O–H groups in total. The quantitative estimate of drug-likeness (QED) is 0.464. The summed E-state index contributed by atoms with van der Waals surface area (Å²) < 4.78 is 4.63. The molecule has 0 amide bonds. The minimum atomic E-state index is -0.374. The number of pyridine rings is 1. The summed E-state index contributed by atoms with van der Waals surface area (Å²) >= 11 is 0. The second kappa shape index (κ2) is 8.92. The maximum Gasteiger partial charge on any atom is 0.330 e. The third-order valence-corrected chi connectivity index (χ3v) is 4.11. The van der Waals surface area contributed by atoms with E-state index >= 15 is 0 Å². The van der Waals surface area contributed by atoms with E-state index < -0.39 is 0 Å². The third-order valence-electron chi connectivity index (χ3n) is 4.11. The van der Waals surface area contributed by atoms with Crippen LogP contribution in [-0.4, -0.2) is 23.8 Å². The van der Waals surface area contributed by atoms with Crippen molar-refractivity contribution in [2.75, 3.05) is 7.11 Å². The number of ether oxygens (including phenoxy) is 1. The zero-order chi connectivity index (χ0) is 18.2. The Bertz CT molecular complexity index is 742. The second-order valence-corrected chi connectivity index (χ2v) is 6.21. The van der Waals surface area contributed by atoms with Gasteiger partial charge in [-0.15, -0.1) is 0 Å². The number of hydrogen-bond donors (Lipinski definition) is 0. The van der Waals surface area contributed by atoms with Gasteiger partial charge in [-0.3, -0.25) is 9.78 Å². The van der Waals surface area contributed by atoms with E-state index in [1.807, 2.05) is 43.4 Å². The van der Waals surface area contributed by atoms with Gasteiger partial charge in [-0.1, -0.05) is 37.3 Å². The van der Waals surface area contributed by atoms with E-state index in [9.17, 15) is 9.59 Å². The number of ketones is 1. The van der Waals surface area contributed by atoms with Gasteiger partial charge in [0, 0.05) is 30.8 Å². The Hall–Kier alpha value is -2.75. The molecule has 1 aromatic rings. The molecular formula is C21H23NO3. The van der Waals surface area contributed by atoms with Crippen LogP contribution in [0.5, 0.6) is 0 Å². The first-order valence-corrected chi connectivity index (χ1v) is 8.26. The first-order chi connectivity index (χ1) is 12.0. The number of hydrogen-bond acceptors (Lipinski definition) is 4. The van der Waals surface area contributed by atoms with Gasteiger partial charge in [-0.2, -0.15) is 0 Å². The summed E-state index contributed by atoms with van der Waals surface area (Å²) in [6, 6.07) is 3.84. The Morgan fingerprint density at radius 1 is 1.36 bits per heavy atom. The lowest BCUT2D eigenvalue weighted by molar-refractivity contribution is -0.134. The van der Waals surface area contributed by atoms with Crippen molar-refractivity contribution < 1.29 is 14.3 Å². The fraction of sp³-hybridized carbons (Fsp3) is 0.286. The summed E-state index contributed by atoms with van der Waals surface area (Å²) in [5.41, 5.74) is 2.76. The lowest BCUT2D eigenvalue weighted by atomic mass is 9.78. The van der Waals surface area contributed by atoms with Crippen LogP contribution in [0.1, 0.15) is 25.8 Å². The molecule has 0 bridgehead atoms. The van der Waals surface area contributed by atoms with Gasteiger partial charge < -0.3 is 4.74 Å². The molecular weight excluding hydrogens is 314 g/mol. The van der Waals surface area contributed by atoms with Gasteiger partial charge >= 0.3 is 5.97 Å². The first kappa shape index (κ1) is 18.6. The van der Waals surface area contributed by atoms with Crippen LogP contribution in [0.4, 0.5) is 0 Å². The number of carbonyl (C=O) groups excluding carboxylic acids is 2. The Labute approximate surface area is 148 Å². The number of allylic oxidation sites excluding steroid dienone is 6. The van der Waals surface area contributed by atoms with Crippen LogP contribution in [0.2, 0.25) is 0 Å². The van der Waals surface area contributed by atoms with Crippen molar-refractivity contribution in [2.45, 2.75) is 20.3 Å². The van der Waals surface area contributed by atoms with Gasteiger partial charge in [0.05, 0.1) is 7.11 Å². The summed E-state index contributed by atoms with van der Waals surface area (Å²) in [4.78, 5) is 27.3. The molecule has 0 radical (unpaired) electrons. The monoisotopic (exact) mass is 337 g/mol. The molecule has 1 heterocycles. The van der Waals surface area contributed by atoms with Crippen LogP contribution in [0, 0.1) is 11.8 Å². The van der Waals surface area contributed by atoms with Crippen molar-refractivity contribution >= 4 is 17.8 Å². The number of methoxy groups -OCH3 is 1. The van der Waals surface area contributed by atoms with Crippen LogP contribution in [-0.2, 0) is 14.3 Å². The SMILES string of the molecule is COC(=O)/C=C(C)\C=C\C1C(/C=C/c2cccnc2)=CC(=O)CC1C. The van der Waals surface area contributed by atoms with E-state index in [0.29, 0.717) is 6.42 Å². The normalized spacial score (nSPS) is 21.6. The topological polar surface area (TPSA) is 56.3 Å². The van der Waals surface area contributed by atoms with Crippen molar-refractivity contribution in [3.05, 3.63) is 71.6 Å². The second-order valence-electron chi connectivity index (χ2n) is 6.21. The van der Waals surface area contributed by atoms with E-state index in [0.717, 1.165) is 16.7 Å². The number of carbonyl (C=O) groups is 2. The molecule has 2 rings (SSSR count). The predicted molar refractivity (Wildman–Crippen MR) is 98.5 cm³/mol. The van der Waals surface area contributed by atoms with Crippen molar-refractivity contribution in [1.29, 1.82) is 0 Å². The van der Waals surface area contributed by atoms with Crippen molar-refractivity contribution in [3.63, 3.8) is 0 Å². The highest BCUT2D eigenvalue weighted by atomic mass is 16.5. The predicted octanol–water partition coefficient (Wildman–Crippen LogP) is 3.92. The summed E-state index contributed by atoms with van der Waals surface area (Å²) in [6.45, 7) is 3.91. The first-order valence-electron chi connectivity index (χ1n) is 8.26. The summed E-state index contributed by atoms with van der Waals surface area (Å²) in [6.07, 6.45) is 15.1. The molecule has 1 aliphatic rings. The standard InChI is InChI=1S/C21H23NO3/c1-15(11-21(24)25-3)6-9-20-16(2)12-19(23)13-18(20)8-7-17-5-4-10-22-14-17/h4-11,13-14,16,20H,12H2,1-3H3/b8-7+,9-6+,15-11-. The Kier molecular flexibility index (Phi) is 6.63. The van der Waals surface area contributed by atoms with E-state index in [1.165, 1.54) is 13.2 Å². The zero-order valence-corrected chi connectivity index (χ0v) is 14.8. The highest BCUT2D eigenvalue weighted by Gasteiger charge is 2.24. The molecule has 1 aliphatic carbocycles. The van der Waals surface area contributed by atoms with Crippen LogP contribution in [0.15, 0.2) is 66.1 Å². The Balaban J connectivity index is 2.22. The summed E-state index contributed by atoms with van der Waals surface area (Å²) in [7, 11) is 1.36. The van der Waals surface area contributed by atoms with Crippen LogP contribution >= 0.6 is 0 Å². The summed E-state index contributed by atoms with van der Waals surface area (Å²) in [5.74, 6) is 0.0888. The highest BCUT2D eigenvalue weighted by Crippen LogP contribution is 2.31. The molecule has 0 aliphatic heterocycles. The molecule has 1 aromatic heterocycles. The fourth-order valence-electron chi connectivity index (χ4n) is 2.79. The minimum absolute atomic E-state index is 0.117. The molecule has 4 nitrogen and oxygen atoms in total. The molecule has 2 atom stereocenters. The number of aromatic nitrogens is 1. The minimum Gasteiger partial charge on any atom is -0.466 e. The molecule has 0 saturated heterocycles. The Morgan fingerprint density at radius 2 is 2.16 bits per heavy atom. The van der Waals surface area contributed by atoms with Gasteiger partial charge in [0.25, 0.3) is 0 Å². The van der Waals surface area contributed by atoms with E-state index in [4.69, 9.17) is 0 Å². The molecule has 130 valence electrons. The number of rotatable bonds is 5. The smallest absolute Gasteiger partial charge is 0.330 e. The van der Waals surface area contributed by atoms with Crippen molar-refractivity contribution in [3.8, 4) is 0 Å². The zero-order valence-electron chi connectivity index (χ0n) is 14.8. The largest absolute Gasteiger partial charge is 0.466 e. The molecule has 0 aromatic carbocycles. The molecule has 4 heteroatoms. The van der Waals surface area contributed by atoms with Crippen LogP contribution in [0.3, 0.4) is 0 Å². The van der Waals surface area contributed by atoms with Crippen molar-refractivity contribution in [2.24, 2.45) is 11.8 Å². The average Bonchev–Trinajstić information content (AvgIpc) is 2.59. The molecule has 0 saturated carbocycles. The fourth-order valence-corrected chi connectivity index (χ4v) is 2.79. The molecule has 0 spiro atoms. The van der Waals surface area contributed by atoms with Gasteiger partial charge in [-0.25, -0.2) is 4.79 Å². The van der Waals surface area contributed by atoms with E-state index in [1.54, 1.807) is 18.5 Å². The lowest BCUT2D eigenvalue weighted by Crippen LogP contribution is -2.20. The maximum absolute atomic E-state index is 11.9. The Morgan fingerprint density at radius 3 is 2.84 bits per heavy atom. The lowest BCUT2D eigenvalue weighted by Gasteiger charge is -2.25. The number of esters is 1. The van der Waals surface area contributed by atoms with Crippen LogP contribution < -0.4 is 0 Å². The average molecular weight is 337 g/mol. The molecule has 2 unspecified atom stereocenters. The molecule has 25 heavy (non-hydrogen) atoms. The number of nitrogens with zero attached hydrogens (tertiary/aromatic N) is 1. The summed E-state index contributed by atoms with van der Waals surface area (Å²) in [5, 5.41) is 0. The highest BCUT2D eigenvalue weighted by molar-refractivity contribution is 5.92. The third kappa shape index (κ3) is 5.68. The van der Waals surface area contributed by atoms with Gasteiger partial charge in [-0.05, 0) is 41.7 Å². The van der Waals surface area contributed by atoms with Crippen molar-refractivity contribution in [1.82, 2.24) is 4.98 Å². The van der Waals surface area contributed by atoms with Gasteiger partial charge in [0.15, 0.2) is 5.78 Å². The maximum atomic E-state index is 11.9. The van der Waals surface area contributed by atoms with Crippen LogP contribution in [0.25, 0.3) is 6.08 Å².